The van der Waals surface area contributed by atoms with Gasteiger partial charge in [0.05, 0.1) is 6.42 Å². The van der Waals surface area contributed by atoms with E-state index in [1.54, 1.807) is 0 Å². The number of hydrogen-bond acceptors (Lipinski definition) is 2. The van der Waals surface area contributed by atoms with Crippen molar-refractivity contribution in [2.75, 3.05) is 6.54 Å². The lowest BCUT2D eigenvalue weighted by atomic mass is 9.92. The molecule has 0 radical (unpaired) electrons. The fourth-order valence-electron chi connectivity index (χ4n) is 3.33. The maximum absolute atomic E-state index is 12.1. The van der Waals surface area contributed by atoms with E-state index in [2.05, 4.69) is 17.4 Å². The van der Waals surface area contributed by atoms with Gasteiger partial charge in [-0.15, -0.1) is 0 Å². The van der Waals surface area contributed by atoms with Gasteiger partial charge in [0, 0.05) is 12.5 Å². The van der Waals surface area contributed by atoms with Crippen molar-refractivity contribution in [1.29, 1.82) is 0 Å². The Kier molecular flexibility index (Phi) is 3.01. The highest BCUT2D eigenvalue weighted by Gasteiger charge is 2.56. The SMILES string of the molecule is O=C(O)CCNC(=O)C1C2CCc3ccccc3C21. The average Bonchev–Trinajstić information content (AvgIpc) is 3.13. The van der Waals surface area contributed by atoms with Crippen LogP contribution in [0.25, 0.3) is 0 Å². The zero-order valence-electron chi connectivity index (χ0n) is 10.6. The number of aliphatic carboxylic acids is 1. The molecule has 4 heteroatoms. The van der Waals surface area contributed by atoms with Crippen LogP contribution in [0.15, 0.2) is 24.3 Å². The summed E-state index contributed by atoms with van der Waals surface area (Å²) in [6, 6.07) is 8.34. The molecule has 1 aromatic carbocycles. The third-order valence-corrected chi connectivity index (χ3v) is 4.27. The molecule has 3 rings (SSSR count). The summed E-state index contributed by atoms with van der Waals surface area (Å²) in [5.41, 5.74) is 2.68. The van der Waals surface area contributed by atoms with Gasteiger partial charge in [0.2, 0.25) is 5.91 Å². The minimum Gasteiger partial charge on any atom is -0.481 e. The molecule has 1 fully saturated rings. The van der Waals surface area contributed by atoms with E-state index in [1.807, 2.05) is 12.1 Å². The predicted octanol–water partition coefficient (Wildman–Crippen LogP) is 1.55. The first-order valence-electron chi connectivity index (χ1n) is 6.76. The number of carboxylic acid groups (broad SMARTS) is 1. The molecule has 1 amide bonds. The monoisotopic (exact) mass is 259 g/mol. The van der Waals surface area contributed by atoms with Crippen LogP contribution in [0.4, 0.5) is 0 Å². The van der Waals surface area contributed by atoms with Gasteiger partial charge in [-0.1, -0.05) is 24.3 Å². The Hall–Kier alpha value is -1.84. The molecule has 0 saturated heterocycles. The van der Waals surface area contributed by atoms with Gasteiger partial charge in [-0.05, 0) is 35.8 Å². The highest BCUT2D eigenvalue weighted by atomic mass is 16.4. The number of carboxylic acids is 1. The molecule has 2 N–H and O–H groups in total. The van der Waals surface area contributed by atoms with Gasteiger partial charge in [0.25, 0.3) is 0 Å². The van der Waals surface area contributed by atoms with Crippen LogP contribution >= 0.6 is 0 Å². The van der Waals surface area contributed by atoms with E-state index in [0.717, 1.165) is 12.8 Å². The summed E-state index contributed by atoms with van der Waals surface area (Å²) in [5.74, 6) is 0.0127. The number of amides is 1. The van der Waals surface area contributed by atoms with E-state index in [4.69, 9.17) is 5.11 Å². The van der Waals surface area contributed by atoms with Crippen LogP contribution in [0.5, 0.6) is 0 Å². The minimum absolute atomic E-state index is 0.00954. The fourth-order valence-corrected chi connectivity index (χ4v) is 3.33. The number of benzene rings is 1. The minimum atomic E-state index is -0.876. The molecule has 3 atom stereocenters. The van der Waals surface area contributed by atoms with Crippen molar-refractivity contribution in [3.63, 3.8) is 0 Å². The quantitative estimate of drug-likeness (QED) is 0.862. The number of rotatable bonds is 4. The first-order chi connectivity index (χ1) is 9.18. The van der Waals surface area contributed by atoms with Crippen LogP contribution in [0.1, 0.15) is 29.9 Å². The molecular formula is C15H17NO3. The smallest absolute Gasteiger partial charge is 0.305 e. The summed E-state index contributed by atoms with van der Waals surface area (Å²) >= 11 is 0. The van der Waals surface area contributed by atoms with Gasteiger partial charge < -0.3 is 10.4 Å². The second kappa shape index (κ2) is 4.68. The molecule has 2 aliphatic rings. The molecular weight excluding hydrogens is 242 g/mol. The number of carbonyl (C=O) groups excluding carboxylic acids is 1. The molecule has 0 spiro atoms. The lowest BCUT2D eigenvalue weighted by Gasteiger charge is -2.13. The van der Waals surface area contributed by atoms with Crippen LogP contribution < -0.4 is 5.32 Å². The Morgan fingerprint density at radius 3 is 2.89 bits per heavy atom. The molecule has 1 aromatic rings. The van der Waals surface area contributed by atoms with Crippen molar-refractivity contribution in [1.82, 2.24) is 5.32 Å². The van der Waals surface area contributed by atoms with Crippen molar-refractivity contribution >= 4 is 11.9 Å². The second-order valence-electron chi connectivity index (χ2n) is 5.39. The van der Waals surface area contributed by atoms with E-state index >= 15 is 0 Å². The number of fused-ring (bicyclic) bond motifs is 3. The summed E-state index contributed by atoms with van der Waals surface area (Å²) in [6.07, 6.45) is 2.11. The predicted molar refractivity (Wildman–Crippen MR) is 69.7 cm³/mol. The Balaban J connectivity index is 1.64. The van der Waals surface area contributed by atoms with E-state index < -0.39 is 5.97 Å². The van der Waals surface area contributed by atoms with Gasteiger partial charge >= 0.3 is 5.97 Å². The Morgan fingerprint density at radius 2 is 2.11 bits per heavy atom. The Labute approximate surface area is 111 Å². The number of aryl methyl sites for hydroxylation is 1. The van der Waals surface area contributed by atoms with Crippen molar-refractivity contribution in [3.05, 3.63) is 35.4 Å². The third-order valence-electron chi connectivity index (χ3n) is 4.27. The van der Waals surface area contributed by atoms with Gasteiger partial charge in [-0.3, -0.25) is 9.59 Å². The van der Waals surface area contributed by atoms with Crippen molar-refractivity contribution in [2.45, 2.75) is 25.2 Å². The van der Waals surface area contributed by atoms with Crippen LogP contribution in [0.3, 0.4) is 0 Å². The normalized spacial score (nSPS) is 27.1. The van der Waals surface area contributed by atoms with Gasteiger partial charge in [0.15, 0.2) is 0 Å². The summed E-state index contributed by atoms with van der Waals surface area (Å²) in [7, 11) is 0. The third kappa shape index (κ3) is 2.23. The zero-order valence-corrected chi connectivity index (χ0v) is 10.6. The van der Waals surface area contributed by atoms with Crippen LogP contribution in [-0.4, -0.2) is 23.5 Å². The highest BCUT2D eigenvalue weighted by Crippen LogP contribution is 2.59. The molecule has 0 aliphatic heterocycles. The summed E-state index contributed by atoms with van der Waals surface area (Å²) in [4.78, 5) is 22.5. The second-order valence-corrected chi connectivity index (χ2v) is 5.39. The van der Waals surface area contributed by atoms with Crippen molar-refractivity contribution in [2.24, 2.45) is 11.8 Å². The molecule has 0 aromatic heterocycles. The molecule has 0 bridgehead atoms. The van der Waals surface area contributed by atoms with Gasteiger partial charge in [-0.2, -0.15) is 0 Å². The van der Waals surface area contributed by atoms with Crippen LogP contribution in [0, 0.1) is 11.8 Å². The van der Waals surface area contributed by atoms with Crippen LogP contribution in [0.2, 0.25) is 0 Å². The van der Waals surface area contributed by atoms with Crippen molar-refractivity contribution < 1.29 is 14.7 Å². The standard InChI is InChI=1S/C15H17NO3/c17-12(18)7-8-16-15(19)14-11-6-5-9-3-1-2-4-10(9)13(11)14/h1-4,11,13-14H,5-8H2,(H,16,19)(H,17,18). The molecule has 4 nitrogen and oxygen atoms in total. The van der Waals surface area contributed by atoms with Crippen molar-refractivity contribution in [3.8, 4) is 0 Å². The molecule has 19 heavy (non-hydrogen) atoms. The first-order valence-corrected chi connectivity index (χ1v) is 6.76. The number of nitrogens with one attached hydrogen (secondary N) is 1. The molecule has 3 unspecified atom stereocenters. The topological polar surface area (TPSA) is 66.4 Å². The number of carbonyl (C=O) groups is 2. The maximum Gasteiger partial charge on any atom is 0.305 e. The van der Waals surface area contributed by atoms with Gasteiger partial charge in [-0.25, -0.2) is 0 Å². The van der Waals surface area contributed by atoms with E-state index in [-0.39, 0.29) is 24.8 Å². The number of hydrogen-bond donors (Lipinski definition) is 2. The van der Waals surface area contributed by atoms with E-state index in [1.165, 1.54) is 11.1 Å². The largest absolute Gasteiger partial charge is 0.481 e. The van der Waals surface area contributed by atoms with E-state index in [0.29, 0.717) is 11.8 Å². The Morgan fingerprint density at radius 1 is 1.32 bits per heavy atom. The van der Waals surface area contributed by atoms with E-state index in [9.17, 15) is 9.59 Å². The molecule has 0 heterocycles. The fraction of sp³-hybridized carbons (Fsp3) is 0.467. The maximum atomic E-state index is 12.1. The van der Waals surface area contributed by atoms with Gasteiger partial charge in [0.1, 0.15) is 0 Å². The molecule has 100 valence electrons. The summed E-state index contributed by atoms with van der Waals surface area (Å²) in [6.45, 7) is 0.228. The molecule has 2 aliphatic carbocycles. The first kappa shape index (κ1) is 12.2. The summed E-state index contributed by atoms with van der Waals surface area (Å²) in [5, 5.41) is 11.3. The summed E-state index contributed by atoms with van der Waals surface area (Å²) < 4.78 is 0. The average molecular weight is 259 g/mol. The Bertz CT molecular complexity index is 526. The zero-order chi connectivity index (χ0) is 13.4. The lowest BCUT2D eigenvalue weighted by molar-refractivity contribution is -0.136. The van der Waals surface area contributed by atoms with Crippen LogP contribution in [-0.2, 0) is 16.0 Å². The lowest BCUT2D eigenvalue weighted by Crippen LogP contribution is -2.28. The molecule has 1 saturated carbocycles. The highest BCUT2D eigenvalue weighted by molar-refractivity contribution is 5.84.